The van der Waals surface area contributed by atoms with Crippen LogP contribution in [-0.2, 0) is 9.59 Å². The van der Waals surface area contributed by atoms with Crippen molar-refractivity contribution in [3.8, 4) is 0 Å². The Labute approximate surface area is 116 Å². The van der Waals surface area contributed by atoms with Crippen molar-refractivity contribution in [1.29, 1.82) is 0 Å². The lowest BCUT2D eigenvalue weighted by atomic mass is 9.86. The lowest BCUT2D eigenvalue weighted by molar-refractivity contribution is -0.115. The first-order valence-electron chi connectivity index (χ1n) is 6.19. The molecule has 1 aromatic rings. The number of carbonyl (C=O) groups is 3. The molecule has 3 nitrogen and oxygen atoms in total. The SMILES string of the molecule is CCCCC(=O)C1=C(Cl)C(=O)C(=O)c2ccccc21. The number of carbonyl (C=O) groups excluding carboxylic acids is 3. The summed E-state index contributed by atoms with van der Waals surface area (Å²) in [5.41, 5.74) is 0.922. The first kappa shape index (κ1) is 13.7. The Balaban J connectivity index is 2.54. The molecule has 1 aliphatic carbocycles. The molecule has 0 N–H and O–H groups in total. The number of Topliss-reactive ketones (excluding diaryl/α,β-unsaturated/α-hetero) is 3. The lowest BCUT2D eigenvalue weighted by Gasteiger charge is -2.17. The van der Waals surface area contributed by atoms with E-state index >= 15 is 0 Å². The topological polar surface area (TPSA) is 51.2 Å². The van der Waals surface area contributed by atoms with Gasteiger partial charge < -0.3 is 0 Å². The molecule has 0 aliphatic heterocycles. The van der Waals surface area contributed by atoms with E-state index < -0.39 is 11.6 Å². The first-order valence-corrected chi connectivity index (χ1v) is 6.57. The van der Waals surface area contributed by atoms with E-state index in [1.807, 2.05) is 6.92 Å². The number of rotatable bonds is 4. The van der Waals surface area contributed by atoms with Gasteiger partial charge in [0.2, 0.25) is 11.6 Å². The predicted octanol–water partition coefficient (Wildman–Crippen LogP) is 3.16. The molecular formula is C15H13ClO3. The highest BCUT2D eigenvalue weighted by Gasteiger charge is 2.33. The van der Waals surface area contributed by atoms with Gasteiger partial charge in [0, 0.05) is 17.6 Å². The minimum Gasteiger partial charge on any atom is -0.294 e. The van der Waals surface area contributed by atoms with Crippen LogP contribution in [0, 0.1) is 0 Å². The molecule has 0 amide bonds. The average molecular weight is 277 g/mol. The summed E-state index contributed by atoms with van der Waals surface area (Å²) >= 11 is 5.92. The number of hydrogen-bond donors (Lipinski definition) is 0. The minimum absolute atomic E-state index is 0.180. The first-order chi connectivity index (χ1) is 9.07. The van der Waals surface area contributed by atoms with Crippen LogP contribution in [0.1, 0.15) is 42.1 Å². The Morgan fingerprint density at radius 2 is 1.74 bits per heavy atom. The van der Waals surface area contributed by atoms with Gasteiger partial charge in [0.15, 0.2) is 5.78 Å². The second kappa shape index (κ2) is 5.49. The second-order valence-corrected chi connectivity index (χ2v) is 4.80. The van der Waals surface area contributed by atoms with Crippen LogP contribution in [0.3, 0.4) is 0 Å². The molecule has 1 aliphatic rings. The molecule has 0 radical (unpaired) electrons. The van der Waals surface area contributed by atoms with Gasteiger partial charge in [-0.05, 0) is 12.0 Å². The van der Waals surface area contributed by atoms with Gasteiger partial charge in [0.25, 0.3) is 0 Å². The number of allylic oxidation sites excluding steroid dienone is 2. The number of halogens is 1. The third-order valence-electron chi connectivity index (χ3n) is 3.10. The fraction of sp³-hybridized carbons (Fsp3) is 0.267. The van der Waals surface area contributed by atoms with Crippen molar-refractivity contribution in [1.82, 2.24) is 0 Å². The molecule has 0 bridgehead atoms. The van der Waals surface area contributed by atoms with Crippen molar-refractivity contribution in [2.45, 2.75) is 26.2 Å². The van der Waals surface area contributed by atoms with Gasteiger partial charge in [0.05, 0.1) is 0 Å². The van der Waals surface area contributed by atoms with Crippen LogP contribution in [-0.4, -0.2) is 17.3 Å². The zero-order valence-corrected chi connectivity index (χ0v) is 11.3. The van der Waals surface area contributed by atoms with E-state index in [9.17, 15) is 14.4 Å². The van der Waals surface area contributed by atoms with Crippen LogP contribution in [0.2, 0.25) is 0 Å². The van der Waals surface area contributed by atoms with E-state index in [1.54, 1.807) is 24.3 Å². The van der Waals surface area contributed by atoms with Crippen molar-refractivity contribution in [2.75, 3.05) is 0 Å². The van der Waals surface area contributed by atoms with Crippen molar-refractivity contribution in [3.63, 3.8) is 0 Å². The Bertz CT molecular complexity index is 599. The third-order valence-corrected chi connectivity index (χ3v) is 3.46. The van der Waals surface area contributed by atoms with E-state index in [4.69, 9.17) is 11.6 Å². The summed E-state index contributed by atoms with van der Waals surface area (Å²) < 4.78 is 0. The minimum atomic E-state index is -0.791. The van der Waals surface area contributed by atoms with E-state index in [2.05, 4.69) is 0 Å². The third kappa shape index (κ3) is 2.38. The Hall–Kier alpha value is -1.74. The summed E-state index contributed by atoms with van der Waals surface area (Å²) in [6, 6.07) is 6.59. The summed E-state index contributed by atoms with van der Waals surface area (Å²) in [4.78, 5) is 35.8. The number of benzene rings is 1. The van der Waals surface area contributed by atoms with E-state index in [-0.39, 0.29) is 22.0 Å². The Kier molecular flexibility index (Phi) is 3.96. The zero-order chi connectivity index (χ0) is 14.0. The molecule has 0 saturated heterocycles. The summed E-state index contributed by atoms with van der Waals surface area (Å²) in [5, 5.41) is -0.246. The normalized spacial score (nSPS) is 14.6. The van der Waals surface area contributed by atoms with E-state index in [1.165, 1.54) is 0 Å². The van der Waals surface area contributed by atoms with Crippen LogP contribution >= 0.6 is 11.6 Å². The van der Waals surface area contributed by atoms with Crippen LogP contribution in [0.15, 0.2) is 29.3 Å². The maximum Gasteiger partial charge on any atom is 0.245 e. The van der Waals surface area contributed by atoms with Crippen molar-refractivity contribution in [2.24, 2.45) is 0 Å². The quantitative estimate of drug-likeness (QED) is 0.794. The van der Waals surface area contributed by atoms with Crippen LogP contribution in [0.25, 0.3) is 5.57 Å². The summed E-state index contributed by atoms with van der Waals surface area (Å²) in [6.45, 7) is 1.98. The molecule has 98 valence electrons. The highest BCUT2D eigenvalue weighted by atomic mass is 35.5. The van der Waals surface area contributed by atoms with Crippen molar-refractivity contribution in [3.05, 3.63) is 40.4 Å². The average Bonchev–Trinajstić information content (AvgIpc) is 2.43. The van der Waals surface area contributed by atoms with Gasteiger partial charge in [0.1, 0.15) is 5.03 Å². The number of hydrogen-bond acceptors (Lipinski definition) is 3. The Morgan fingerprint density at radius 3 is 2.37 bits per heavy atom. The fourth-order valence-electron chi connectivity index (χ4n) is 2.09. The van der Waals surface area contributed by atoms with Crippen molar-refractivity contribution < 1.29 is 14.4 Å². The standard InChI is InChI=1S/C15H13ClO3/c1-2-3-8-11(17)12-9-6-4-5-7-10(9)14(18)15(19)13(12)16/h4-7H,2-3,8H2,1H3. The molecule has 2 rings (SSSR count). The smallest absolute Gasteiger partial charge is 0.245 e. The van der Waals surface area contributed by atoms with Gasteiger partial charge in [-0.2, -0.15) is 0 Å². The van der Waals surface area contributed by atoms with Crippen LogP contribution in [0.4, 0.5) is 0 Å². The molecular weight excluding hydrogens is 264 g/mol. The molecule has 4 heteroatoms. The summed E-state index contributed by atoms with van der Waals surface area (Å²) in [5.74, 6) is -1.62. The summed E-state index contributed by atoms with van der Waals surface area (Å²) in [6.07, 6.45) is 1.94. The predicted molar refractivity (Wildman–Crippen MR) is 73.1 cm³/mol. The summed E-state index contributed by atoms with van der Waals surface area (Å²) in [7, 11) is 0. The molecule has 0 heterocycles. The fourth-order valence-corrected chi connectivity index (χ4v) is 2.38. The van der Waals surface area contributed by atoms with Gasteiger partial charge >= 0.3 is 0 Å². The lowest BCUT2D eigenvalue weighted by Crippen LogP contribution is -2.24. The Morgan fingerprint density at radius 1 is 1.11 bits per heavy atom. The maximum atomic E-state index is 12.2. The van der Waals surface area contributed by atoms with Crippen LogP contribution in [0.5, 0.6) is 0 Å². The number of ketones is 3. The van der Waals surface area contributed by atoms with Gasteiger partial charge in [-0.3, -0.25) is 14.4 Å². The van der Waals surface area contributed by atoms with Crippen LogP contribution < -0.4 is 0 Å². The zero-order valence-electron chi connectivity index (χ0n) is 10.5. The van der Waals surface area contributed by atoms with Crippen molar-refractivity contribution >= 4 is 34.5 Å². The van der Waals surface area contributed by atoms with Gasteiger partial charge in [-0.1, -0.05) is 49.2 Å². The highest BCUT2D eigenvalue weighted by molar-refractivity contribution is 6.66. The molecule has 0 aromatic heterocycles. The molecule has 1 aromatic carbocycles. The van der Waals surface area contributed by atoms with Gasteiger partial charge in [-0.25, -0.2) is 0 Å². The molecule has 0 saturated carbocycles. The largest absolute Gasteiger partial charge is 0.294 e. The molecule has 19 heavy (non-hydrogen) atoms. The monoisotopic (exact) mass is 276 g/mol. The van der Waals surface area contributed by atoms with Gasteiger partial charge in [-0.15, -0.1) is 0 Å². The molecule has 0 atom stereocenters. The number of unbranched alkanes of at least 4 members (excludes halogenated alkanes) is 1. The number of fused-ring (bicyclic) bond motifs is 1. The molecule has 0 spiro atoms. The highest BCUT2D eigenvalue weighted by Crippen LogP contribution is 2.33. The van der Waals surface area contributed by atoms with E-state index in [0.717, 1.165) is 12.8 Å². The molecule has 0 unspecified atom stereocenters. The maximum absolute atomic E-state index is 12.2. The second-order valence-electron chi connectivity index (χ2n) is 4.42. The molecule has 0 fully saturated rings. The van der Waals surface area contributed by atoms with E-state index in [0.29, 0.717) is 12.0 Å².